The Morgan fingerprint density at radius 1 is 0.938 bits per heavy atom. The van der Waals surface area contributed by atoms with E-state index in [9.17, 15) is 36.0 Å². The minimum Gasteiger partial charge on any atom is -0.457 e. The second kappa shape index (κ2) is 15.5. The smallest absolute Gasteiger partial charge is 0.389 e. The molecule has 0 unspecified atom stereocenters. The maximum Gasteiger partial charge on any atom is 0.389 e. The van der Waals surface area contributed by atoms with Crippen LogP contribution in [0.5, 0.6) is 11.5 Å². The zero-order valence-electron chi connectivity index (χ0n) is 27.0. The van der Waals surface area contributed by atoms with E-state index in [0.717, 1.165) is 0 Å². The second-order valence-electron chi connectivity index (χ2n) is 12.8. The predicted molar refractivity (Wildman–Crippen MR) is 171 cm³/mol. The Labute approximate surface area is 279 Å². The highest BCUT2D eigenvalue weighted by atomic mass is 32.2. The van der Waals surface area contributed by atoms with Crippen LogP contribution in [0.2, 0.25) is 0 Å². The Morgan fingerprint density at radius 3 is 2.19 bits per heavy atom. The fraction of sp³-hybridized carbons (Fsp3) is 0.559. The standard InChI is InChI=1S/C34H42F3N3O7S/c1-38-29(31(41)9-11-34(35,36)37)21-24-5-2-7-27(19-24)47-28-8-3-6-25(20-28)22-30(40-12-4-18-48(40,44)45)32(42)23-26(33(38)43)10-13-39-14-16-46-17-15-39/h2-3,5-8,19-20,26,29-30H,4,9-18,21-23H2,1H3/t26-,29+,30+/m1/s1. The summed E-state index contributed by atoms with van der Waals surface area (Å²) in [4.78, 5) is 45.2. The quantitative estimate of drug-likeness (QED) is 0.428. The number of sulfonamides is 1. The molecule has 0 saturated carbocycles. The molecule has 3 aliphatic rings. The summed E-state index contributed by atoms with van der Waals surface area (Å²) in [5, 5.41) is 0. The Kier molecular flexibility index (Phi) is 11.6. The number of fused-ring (bicyclic) bond motifs is 4. The number of ether oxygens (including phenoxy) is 2. The summed E-state index contributed by atoms with van der Waals surface area (Å²) in [6.07, 6.45) is -6.37. The van der Waals surface area contributed by atoms with Gasteiger partial charge in [-0.05, 0) is 61.2 Å². The van der Waals surface area contributed by atoms with E-state index in [1.54, 1.807) is 48.5 Å². The summed E-state index contributed by atoms with van der Waals surface area (Å²) in [5.41, 5.74) is 1.26. The number of halogens is 3. The van der Waals surface area contributed by atoms with Gasteiger partial charge in [-0.2, -0.15) is 17.5 Å². The predicted octanol–water partition coefficient (Wildman–Crippen LogP) is 4.02. The number of rotatable bonds is 7. The molecule has 5 rings (SSSR count). The fourth-order valence-corrected chi connectivity index (χ4v) is 8.35. The molecule has 2 saturated heterocycles. The molecule has 2 fully saturated rings. The molecule has 48 heavy (non-hydrogen) atoms. The van der Waals surface area contributed by atoms with Gasteiger partial charge in [0.2, 0.25) is 15.9 Å². The Morgan fingerprint density at radius 2 is 1.58 bits per heavy atom. The topological polar surface area (TPSA) is 114 Å². The van der Waals surface area contributed by atoms with Crippen molar-refractivity contribution in [3.63, 3.8) is 0 Å². The maximum absolute atomic E-state index is 14.3. The molecule has 4 bridgehead atoms. The van der Waals surface area contributed by atoms with Crippen LogP contribution in [0.3, 0.4) is 0 Å². The molecule has 3 atom stereocenters. The third-order valence-electron chi connectivity index (χ3n) is 9.28. The molecule has 1 amide bonds. The molecule has 3 aliphatic heterocycles. The highest BCUT2D eigenvalue weighted by Crippen LogP contribution is 2.30. The van der Waals surface area contributed by atoms with E-state index in [1.807, 2.05) is 0 Å². The third-order valence-corrected chi connectivity index (χ3v) is 11.2. The van der Waals surface area contributed by atoms with E-state index >= 15 is 0 Å². The van der Waals surface area contributed by atoms with Crippen molar-refractivity contribution < 1.29 is 45.4 Å². The maximum atomic E-state index is 14.3. The third kappa shape index (κ3) is 9.42. The second-order valence-corrected chi connectivity index (χ2v) is 14.8. The highest BCUT2D eigenvalue weighted by Gasteiger charge is 2.41. The van der Waals surface area contributed by atoms with Crippen molar-refractivity contribution >= 4 is 27.5 Å². The van der Waals surface area contributed by atoms with Crippen molar-refractivity contribution in [3.05, 3.63) is 59.7 Å². The number of benzene rings is 2. The molecule has 0 spiro atoms. The van der Waals surface area contributed by atoms with E-state index in [2.05, 4.69) is 4.90 Å². The number of amides is 1. The first-order valence-electron chi connectivity index (χ1n) is 16.3. The average molecular weight is 694 g/mol. The molecule has 0 aromatic heterocycles. The monoisotopic (exact) mass is 693 g/mol. The van der Waals surface area contributed by atoms with Crippen LogP contribution in [0, 0.1) is 5.92 Å². The number of nitrogens with zero attached hydrogens (tertiary/aromatic N) is 3. The first-order valence-corrected chi connectivity index (χ1v) is 17.9. The normalized spacial score (nSPS) is 24.8. The van der Waals surface area contributed by atoms with Gasteiger partial charge in [0.05, 0.1) is 37.5 Å². The van der Waals surface area contributed by atoms with Crippen LogP contribution < -0.4 is 4.74 Å². The lowest BCUT2D eigenvalue weighted by Gasteiger charge is -2.33. The number of alkyl halides is 3. The van der Waals surface area contributed by atoms with Crippen molar-refractivity contribution in [2.45, 2.75) is 63.2 Å². The minimum atomic E-state index is -4.56. The number of carbonyl (C=O) groups is 3. The molecule has 2 aromatic rings. The molecule has 3 heterocycles. The molecule has 0 radical (unpaired) electrons. The molecule has 14 heteroatoms. The van der Waals surface area contributed by atoms with Gasteiger partial charge in [-0.3, -0.25) is 19.3 Å². The van der Waals surface area contributed by atoms with Crippen LogP contribution >= 0.6 is 0 Å². The largest absolute Gasteiger partial charge is 0.457 e. The number of carbonyl (C=O) groups excluding carboxylic acids is 3. The van der Waals surface area contributed by atoms with Gasteiger partial charge < -0.3 is 14.4 Å². The molecular weight excluding hydrogens is 651 g/mol. The highest BCUT2D eigenvalue weighted by molar-refractivity contribution is 7.89. The molecule has 262 valence electrons. The summed E-state index contributed by atoms with van der Waals surface area (Å²) < 4.78 is 78.5. The summed E-state index contributed by atoms with van der Waals surface area (Å²) in [6, 6.07) is 11.5. The van der Waals surface area contributed by atoms with Crippen LogP contribution in [0.4, 0.5) is 13.2 Å². The lowest BCUT2D eigenvalue weighted by molar-refractivity contribution is -0.149. The number of likely N-dealkylation sites (N-methyl/N-ethyl adjacent to an activating group) is 1. The first-order chi connectivity index (χ1) is 22.8. The number of hydrogen-bond donors (Lipinski definition) is 0. The van der Waals surface area contributed by atoms with Crippen molar-refractivity contribution in [2.75, 3.05) is 52.2 Å². The van der Waals surface area contributed by atoms with E-state index in [4.69, 9.17) is 9.47 Å². The van der Waals surface area contributed by atoms with Gasteiger partial charge in [0.25, 0.3) is 0 Å². The van der Waals surface area contributed by atoms with E-state index in [1.165, 1.54) is 16.3 Å². The number of Topliss-reactive ketones (excluding diaryl/α,β-unsaturated/α-hetero) is 2. The van der Waals surface area contributed by atoms with Gasteiger partial charge in [-0.25, -0.2) is 8.42 Å². The minimum absolute atomic E-state index is 0.0606. The van der Waals surface area contributed by atoms with E-state index in [-0.39, 0.29) is 38.0 Å². The first kappa shape index (κ1) is 36.0. The van der Waals surface area contributed by atoms with Crippen LogP contribution in [0.15, 0.2) is 48.5 Å². The Hall–Kier alpha value is -3.33. The van der Waals surface area contributed by atoms with Gasteiger partial charge in [0.15, 0.2) is 11.6 Å². The van der Waals surface area contributed by atoms with E-state index < -0.39 is 64.5 Å². The van der Waals surface area contributed by atoms with Gasteiger partial charge in [-0.1, -0.05) is 24.3 Å². The zero-order valence-corrected chi connectivity index (χ0v) is 27.8. The summed E-state index contributed by atoms with van der Waals surface area (Å²) in [6.45, 7) is 2.92. The molecule has 0 aliphatic carbocycles. The van der Waals surface area contributed by atoms with Crippen molar-refractivity contribution in [1.29, 1.82) is 0 Å². The number of ketones is 2. The lowest BCUT2D eigenvalue weighted by Crippen LogP contribution is -2.49. The SMILES string of the molecule is CN1C(=O)[C@H](CCN2CCOCC2)CC(=O)[C@@H](N2CCCS2(=O)=O)Cc2cccc(c2)Oc2cccc(c2)C[C@H]1C(=O)CCC(F)(F)F. The Balaban J connectivity index is 1.54. The van der Waals surface area contributed by atoms with Crippen molar-refractivity contribution in [3.8, 4) is 11.5 Å². The van der Waals surface area contributed by atoms with Crippen LogP contribution in [0.25, 0.3) is 0 Å². The molecule has 2 aromatic carbocycles. The van der Waals surface area contributed by atoms with Crippen LogP contribution in [0.1, 0.15) is 43.2 Å². The molecule has 0 N–H and O–H groups in total. The van der Waals surface area contributed by atoms with Crippen molar-refractivity contribution in [2.24, 2.45) is 5.92 Å². The Bertz CT molecular complexity index is 1580. The van der Waals surface area contributed by atoms with E-state index in [0.29, 0.717) is 61.9 Å². The molecular formula is C34H42F3N3O7S. The van der Waals surface area contributed by atoms with Crippen LogP contribution in [-0.4, -0.2) is 110 Å². The lowest BCUT2D eigenvalue weighted by atomic mass is 9.90. The summed E-state index contributed by atoms with van der Waals surface area (Å²) in [5.74, 6) is -1.90. The van der Waals surface area contributed by atoms with Gasteiger partial charge in [0, 0.05) is 51.9 Å². The molecule has 10 nitrogen and oxygen atoms in total. The fourth-order valence-electron chi connectivity index (χ4n) is 6.63. The average Bonchev–Trinajstić information content (AvgIpc) is 3.40. The van der Waals surface area contributed by atoms with Gasteiger partial charge in [-0.15, -0.1) is 0 Å². The zero-order chi connectivity index (χ0) is 34.5. The number of hydrogen-bond acceptors (Lipinski definition) is 8. The van der Waals surface area contributed by atoms with Crippen molar-refractivity contribution in [1.82, 2.24) is 14.1 Å². The van der Waals surface area contributed by atoms with Gasteiger partial charge >= 0.3 is 6.18 Å². The summed E-state index contributed by atoms with van der Waals surface area (Å²) >= 11 is 0. The van der Waals surface area contributed by atoms with Gasteiger partial charge in [0.1, 0.15) is 11.5 Å². The number of morpholine rings is 1. The van der Waals surface area contributed by atoms with Crippen LogP contribution in [-0.2, 0) is 42.0 Å². The summed E-state index contributed by atoms with van der Waals surface area (Å²) in [7, 11) is -2.33.